The standard InChI is InChI=1S/C17H26/c1-11-6-4-8-14-10-15-9-5-7-12(2)17(15)13(3)16(11)14/h11-13H,4-10H2,1-3H3. The molecule has 3 aliphatic rings. The molecule has 17 heavy (non-hydrogen) atoms. The SMILES string of the molecule is CC1CCCC2=C1C(C)C1=C(CCCC1C)C2. The van der Waals surface area contributed by atoms with Crippen LogP contribution in [-0.2, 0) is 0 Å². The second-order valence-electron chi connectivity index (χ2n) is 6.60. The quantitative estimate of drug-likeness (QED) is 0.498. The summed E-state index contributed by atoms with van der Waals surface area (Å²) >= 11 is 0. The molecule has 0 aliphatic heterocycles. The highest BCUT2D eigenvalue weighted by molar-refractivity contribution is 5.41. The zero-order valence-corrected chi connectivity index (χ0v) is 11.7. The lowest BCUT2D eigenvalue weighted by molar-refractivity contribution is 0.416. The molecule has 0 bridgehead atoms. The van der Waals surface area contributed by atoms with E-state index in [0.717, 1.165) is 17.8 Å². The fourth-order valence-electron chi connectivity index (χ4n) is 4.81. The Balaban J connectivity index is 1.98. The number of hydrogen-bond donors (Lipinski definition) is 0. The van der Waals surface area contributed by atoms with Crippen LogP contribution >= 0.6 is 0 Å². The highest BCUT2D eigenvalue weighted by Crippen LogP contribution is 2.49. The van der Waals surface area contributed by atoms with Gasteiger partial charge in [-0.3, -0.25) is 0 Å². The van der Waals surface area contributed by atoms with Gasteiger partial charge in [-0.1, -0.05) is 43.1 Å². The van der Waals surface area contributed by atoms with Crippen LogP contribution in [0, 0.1) is 17.8 Å². The summed E-state index contributed by atoms with van der Waals surface area (Å²) in [6, 6.07) is 0. The van der Waals surface area contributed by atoms with Gasteiger partial charge in [0.25, 0.3) is 0 Å². The molecule has 3 aliphatic carbocycles. The van der Waals surface area contributed by atoms with Crippen molar-refractivity contribution in [1.29, 1.82) is 0 Å². The van der Waals surface area contributed by atoms with E-state index in [1.807, 2.05) is 22.3 Å². The molecule has 94 valence electrons. The third-order valence-corrected chi connectivity index (χ3v) is 5.47. The van der Waals surface area contributed by atoms with Crippen molar-refractivity contribution in [1.82, 2.24) is 0 Å². The molecule has 0 radical (unpaired) electrons. The second-order valence-corrected chi connectivity index (χ2v) is 6.60. The van der Waals surface area contributed by atoms with E-state index in [2.05, 4.69) is 20.8 Å². The van der Waals surface area contributed by atoms with Crippen LogP contribution in [0.25, 0.3) is 0 Å². The molecular formula is C17H26. The molecule has 0 saturated heterocycles. The molecule has 0 amide bonds. The average molecular weight is 230 g/mol. The Labute approximate surface area is 106 Å². The number of allylic oxidation sites excluding steroid dienone is 4. The van der Waals surface area contributed by atoms with Crippen molar-refractivity contribution in [3.05, 3.63) is 22.3 Å². The van der Waals surface area contributed by atoms with E-state index in [9.17, 15) is 0 Å². The van der Waals surface area contributed by atoms with Gasteiger partial charge in [0.15, 0.2) is 0 Å². The van der Waals surface area contributed by atoms with Crippen LogP contribution in [0.2, 0.25) is 0 Å². The Kier molecular flexibility index (Phi) is 2.92. The summed E-state index contributed by atoms with van der Waals surface area (Å²) in [5.41, 5.74) is 7.38. The molecule has 0 saturated carbocycles. The van der Waals surface area contributed by atoms with Gasteiger partial charge >= 0.3 is 0 Å². The van der Waals surface area contributed by atoms with E-state index in [-0.39, 0.29) is 0 Å². The third kappa shape index (κ3) is 1.80. The van der Waals surface area contributed by atoms with Crippen molar-refractivity contribution in [2.75, 3.05) is 0 Å². The largest absolute Gasteiger partial charge is 0.0661 e. The minimum atomic E-state index is 0.777. The van der Waals surface area contributed by atoms with Gasteiger partial charge < -0.3 is 0 Å². The lowest BCUT2D eigenvalue weighted by Gasteiger charge is -2.41. The molecule has 0 heterocycles. The first-order valence-electron chi connectivity index (χ1n) is 7.62. The second kappa shape index (κ2) is 4.30. The summed E-state index contributed by atoms with van der Waals surface area (Å²) in [6.45, 7) is 7.42. The van der Waals surface area contributed by atoms with Crippen LogP contribution in [0.5, 0.6) is 0 Å². The third-order valence-electron chi connectivity index (χ3n) is 5.47. The normalized spacial score (nSPS) is 37.9. The molecule has 3 rings (SSSR count). The average Bonchev–Trinajstić information content (AvgIpc) is 2.28. The van der Waals surface area contributed by atoms with Crippen molar-refractivity contribution in [3.8, 4) is 0 Å². The summed E-state index contributed by atoms with van der Waals surface area (Å²) in [7, 11) is 0. The van der Waals surface area contributed by atoms with Crippen molar-refractivity contribution in [3.63, 3.8) is 0 Å². The van der Waals surface area contributed by atoms with Gasteiger partial charge in [-0.15, -0.1) is 0 Å². The van der Waals surface area contributed by atoms with E-state index < -0.39 is 0 Å². The maximum atomic E-state index is 2.49. The fraction of sp³-hybridized carbons (Fsp3) is 0.765. The Morgan fingerprint density at radius 1 is 0.765 bits per heavy atom. The van der Waals surface area contributed by atoms with Gasteiger partial charge in [0.1, 0.15) is 0 Å². The van der Waals surface area contributed by atoms with Crippen LogP contribution in [0.4, 0.5) is 0 Å². The zero-order valence-electron chi connectivity index (χ0n) is 11.7. The molecule has 0 heteroatoms. The van der Waals surface area contributed by atoms with Gasteiger partial charge in [-0.25, -0.2) is 0 Å². The van der Waals surface area contributed by atoms with Crippen LogP contribution in [0.1, 0.15) is 65.7 Å². The van der Waals surface area contributed by atoms with E-state index in [1.54, 1.807) is 0 Å². The van der Waals surface area contributed by atoms with Crippen LogP contribution in [0.15, 0.2) is 22.3 Å². The topological polar surface area (TPSA) is 0 Å². The Bertz CT molecular complexity index is 347. The van der Waals surface area contributed by atoms with E-state index in [4.69, 9.17) is 0 Å². The first kappa shape index (κ1) is 11.6. The Morgan fingerprint density at radius 2 is 1.24 bits per heavy atom. The minimum absolute atomic E-state index is 0.777. The predicted octanol–water partition coefficient (Wildman–Crippen LogP) is 5.26. The number of rotatable bonds is 0. The maximum absolute atomic E-state index is 2.49. The zero-order chi connectivity index (χ0) is 12.0. The van der Waals surface area contributed by atoms with Crippen LogP contribution in [0.3, 0.4) is 0 Å². The van der Waals surface area contributed by atoms with E-state index >= 15 is 0 Å². The molecule has 0 aromatic rings. The van der Waals surface area contributed by atoms with Crippen LogP contribution < -0.4 is 0 Å². The summed E-state index contributed by atoms with van der Waals surface area (Å²) in [4.78, 5) is 0. The van der Waals surface area contributed by atoms with Crippen molar-refractivity contribution in [2.45, 2.75) is 65.7 Å². The molecule has 0 aromatic heterocycles. The van der Waals surface area contributed by atoms with Crippen molar-refractivity contribution >= 4 is 0 Å². The molecule has 0 fully saturated rings. The summed E-state index contributed by atoms with van der Waals surface area (Å²) in [5, 5.41) is 0. The highest BCUT2D eigenvalue weighted by Gasteiger charge is 2.34. The number of hydrogen-bond acceptors (Lipinski definition) is 0. The summed E-state index contributed by atoms with van der Waals surface area (Å²) in [5.74, 6) is 2.49. The summed E-state index contributed by atoms with van der Waals surface area (Å²) < 4.78 is 0. The highest BCUT2D eigenvalue weighted by atomic mass is 14.4. The molecule has 0 N–H and O–H groups in total. The lowest BCUT2D eigenvalue weighted by atomic mass is 9.64. The summed E-state index contributed by atoms with van der Waals surface area (Å²) in [6.07, 6.45) is 9.88. The van der Waals surface area contributed by atoms with Gasteiger partial charge in [0.05, 0.1) is 0 Å². The molecule has 2 unspecified atom stereocenters. The molecule has 0 spiro atoms. The van der Waals surface area contributed by atoms with Crippen molar-refractivity contribution in [2.24, 2.45) is 17.8 Å². The maximum Gasteiger partial charge on any atom is -0.00105 e. The minimum Gasteiger partial charge on any atom is -0.0661 e. The predicted molar refractivity (Wildman–Crippen MR) is 73.9 cm³/mol. The van der Waals surface area contributed by atoms with Gasteiger partial charge in [0, 0.05) is 0 Å². The monoisotopic (exact) mass is 230 g/mol. The molecule has 0 aromatic carbocycles. The van der Waals surface area contributed by atoms with Gasteiger partial charge in [-0.2, -0.15) is 0 Å². The Morgan fingerprint density at radius 3 is 1.71 bits per heavy atom. The first-order valence-corrected chi connectivity index (χ1v) is 7.62. The smallest absolute Gasteiger partial charge is 0.00105 e. The van der Waals surface area contributed by atoms with Crippen LogP contribution in [-0.4, -0.2) is 0 Å². The lowest BCUT2D eigenvalue weighted by Crippen LogP contribution is -2.26. The molecular weight excluding hydrogens is 204 g/mol. The molecule has 2 atom stereocenters. The first-order chi connectivity index (χ1) is 8.18. The Hall–Kier alpha value is -0.520. The fourth-order valence-corrected chi connectivity index (χ4v) is 4.81. The van der Waals surface area contributed by atoms with Crippen molar-refractivity contribution < 1.29 is 0 Å². The van der Waals surface area contributed by atoms with E-state index in [1.165, 1.54) is 44.9 Å². The van der Waals surface area contributed by atoms with E-state index in [0.29, 0.717) is 0 Å². The van der Waals surface area contributed by atoms with Gasteiger partial charge in [0.2, 0.25) is 0 Å². The van der Waals surface area contributed by atoms with Gasteiger partial charge in [-0.05, 0) is 62.7 Å². The molecule has 0 nitrogen and oxygen atoms in total.